The van der Waals surface area contributed by atoms with Gasteiger partial charge in [-0.05, 0) is 30.7 Å². The predicted octanol–water partition coefficient (Wildman–Crippen LogP) is 6.46. The molecule has 1 heterocycles. The van der Waals surface area contributed by atoms with E-state index in [-0.39, 0.29) is 11.6 Å². The summed E-state index contributed by atoms with van der Waals surface area (Å²) in [5.41, 5.74) is 1.03. The Hall–Kier alpha value is -1.04. The molecule has 0 spiro atoms. The van der Waals surface area contributed by atoms with Crippen molar-refractivity contribution in [2.75, 3.05) is 5.75 Å². The van der Waals surface area contributed by atoms with Gasteiger partial charge < -0.3 is 0 Å². The lowest BCUT2D eigenvalue weighted by Crippen LogP contribution is -1.97. The van der Waals surface area contributed by atoms with Crippen molar-refractivity contribution in [3.05, 3.63) is 47.0 Å². The Morgan fingerprint density at radius 2 is 1.73 bits per heavy atom. The van der Waals surface area contributed by atoms with Gasteiger partial charge in [0.1, 0.15) is 11.6 Å². The van der Waals surface area contributed by atoms with Crippen LogP contribution < -0.4 is 0 Å². The van der Waals surface area contributed by atoms with Crippen LogP contribution in [0.3, 0.4) is 0 Å². The Morgan fingerprint density at radius 3 is 2.41 bits per heavy atom. The smallest absolute Gasteiger partial charge is 0.150 e. The molecule has 0 atom stereocenters. The molecule has 0 bridgehead atoms. The summed E-state index contributed by atoms with van der Waals surface area (Å²) in [6.45, 7) is 3.78. The number of thiocarbonyl (C=S) groups is 1. The highest BCUT2D eigenvalue weighted by molar-refractivity contribution is 8.23. The van der Waals surface area contributed by atoms with E-state index in [1.807, 2.05) is 12.1 Å². The molecule has 0 aliphatic rings. The lowest BCUT2D eigenvalue weighted by atomic mass is 10.1. The van der Waals surface area contributed by atoms with E-state index in [1.54, 1.807) is 19.1 Å². The van der Waals surface area contributed by atoms with Gasteiger partial charge in [-0.15, -0.1) is 23.1 Å². The molecule has 0 fully saturated rings. The maximum absolute atomic E-state index is 14.8. The van der Waals surface area contributed by atoms with E-state index >= 15 is 0 Å². The zero-order valence-corrected chi connectivity index (χ0v) is 14.7. The number of benzene rings is 2. The van der Waals surface area contributed by atoms with Crippen molar-refractivity contribution in [1.82, 2.24) is 0 Å². The maximum Gasteiger partial charge on any atom is 0.150 e. The highest BCUT2D eigenvalue weighted by Gasteiger charge is 2.17. The molecule has 22 heavy (non-hydrogen) atoms. The van der Waals surface area contributed by atoms with Crippen molar-refractivity contribution in [2.45, 2.75) is 20.3 Å². The molecule has 0 saturated heterocycles. The van der Waals surface area contributed by atoms with Gasteiger partial charge in [-0.25, -0.2) is 8.78 Å². The van der Waals surface area contributed by atoms with Crippen molar-refractivity contribution in [2.24, 2.45) is 0 Å². The molecule has 2 aromatic carbocycles. The molecular weight excluding hydrogens is 338 g/mol. The highest BCUT2D eigenvalue weighted by Crippen LogP contribution is 2.39. The number of thiophene rings is 1. The standard InChI is InChI=1S/C17H14F2S3/c1-3-8-21-17(20)12-7-6-11-10-5-4-9(2)13(18)15(10)22-16(11)14(12)19/h4-7H,3,8H2,1-2H3. The van der Waals surface area contributed by atoms with Gasteiger partial charge in [-0.1, -0.05) is 37.3 Å². The third-order valence-electron chi connectivity index (χ3n) is 3.54. The van der Waals surface area contributed by atoms with Gasteiger partial charge in [0.05, 0.1) is 13.6 Å². The van der Waals surface area contributed by atoms with E-state index in [2.05, 4.69) is 6.92 Å². The van der Waals surface area contributed by atoms with Crippen LogP contribution in [0.25, 0.3) is 20.2 Å². The summed E-state index contributed by atoms with van der Waals surface area (Å²) in [5, 5.41) is 1.52. The first kappa shape index (κ1) is 15.8. The largest absolute Gasteiger partial charge is 0.205 e. The van der Waals surface area contributed by atoms with Gasteiger partial charge in [0.25, 0.3) is 0 Å². The summed E-state index contributed by atoms with van der Waals surface area (Å²) in [6, 6.07) is 7.15. The fourth-order valence-corrected chi connectivity index (χ4v) is 4.71. The van der Waals surface area contributed by atoms with Gasteiger partial charge in [0, 0.05) is 16.3 Å². The van der Waals surface area contributed by atoms with Gasteiger partial charge >= 0.3 is 0 Å². The molecule has 0 aliphatic carbocycles. The molecule has 0 nitrogen and oxygen atoms in total. The minimum absolute atomic E-state index is 0.261. The van der Waals surface area contributed by atoms with Crippen LogP contribution in [-0.4, -0.2) is 9.95 Å². The van der Waals surface area contributed by atoms with Crippen molar-refractivity contribution in [3.8, 4) is 0 Å². The number of fused-ring (bicyclic) bond motifs is 3. The maximum atomic E-state index is 14.8. The lowest BCUT2D eigenvalue weighted by molar-refractivity contribution is 0.632. The predicted molar refractivity (Wildman–Crippen MR) is 98.4 cm³/mol. The number of rotatable bonds is 3. The molecule has 0 amide bonds. The summed E-state index contributed by atoms with van der Waals surface area (Å²) in [4.78, 5) is 0. The second-order valence-corrected chi connectivity index (χ2v) is 7.91. The zero-order valence-electron chi connectivity index (χ0n) is 12.2. The molecule has 0 N–H and O–H groups in total. The first-order valence-electron chi connectivity index (χ1n) is 7.01. The summed E-state index contributed by atoms with van der Waals surface area (Å²) < 4.78 is 30.6. The Balaban J connectivity index is 2.21. The summed E-state index contributed by atoms with van der Waals surface area (Å²) in [5.74, 6) is 0.281. The van der Waals surface area contributed by atoms with Crippen LogP contribution in [0.4, 0.5) is 8.78 Å². The second-order valence-electron chi connectivity index (χ2n) is 5.11. The van der Waals surface area contributed by atoms with E-state index in [4.69, 9.17) is 12.2 Å². The molecule has 3 aromatic rings. The van der Waals surface area contributed by atoms with Crippen molar-refractivity contribution >= 4 is 59.7 Å². The fraction of sp³-hybridized carbons (Fsp3) is 0.235. The number of hydrogen-bond acceptors (Lipinski definition) is 3. The number of halogens is 2. The zero-order chi connectivity index (χ0) is 15.9. The minimum Gasteiger partial charge on any atom is -0.205 e. The molecule has 0 unspecified atom stereocenters. The average molecular weight is 352 g/mol. The summed E-state index contributed by atoms with van der Waals surface area (Å²) in [7, 11) is 0. The minimum atomic E-state index is -0.329. The van der Waals surface area contributed by atoms with Crippen molar-refractivity contribution in [3.63, 3.8) is 0 Å². The molecule has 0 saturated carbocycles. The fourth-order valence-electron chi connectivity index (χ4n) is 2.37. The number of thioether (sulfide) groups is 1. The Kier molecular flexibility index (Phi) is 4.48. The van der Waals surface area contributed by atoms with Crippen LogP contribution in [0.15, 0.2) is 24.3 Å². The first-order valence-corrected chi connectivity index (χ1v) is 9.22. The third kappa shape index (κ3) is 2.55. The summed E-state index contributed by atoms with van der Waals surface area (Å²) >= 11 is 7.97. The number of hydrogen-bond donors (Lipinski definition) is 0. The topological polar surface area (TPSA) is 0 Å². The van der Waals surface area contributed by atoms with Crippen LogP contribution in [0.1, 0.15) is 24.5 Å². The van der Waals surface area contributed by atoms with Gasteiger partial charge in [-0.2, -0.15) is 0 Å². The SMILES string of the molecule is CCCSC(=S)c1ccc2c(sc3c(F)c(C)ccc32)c1F. The number of aryl methyl sites for hydroxylation is 1. The average Bonchev–Trinajstić information content (AvgIpc) is 2.89. The van der Waals surface area contributed by atoms with Crippen molar-refractivity contribution < 1.29 is 8.78 Å². The normalized spacial score (nSPS) is 11.5. The summed E-state index contributed by atoms with van der Waals surface area (Å²) in [6.07, 6.45) is 0.988. The molecule has 114 valence electrons. The van der Waals surface area contributed by atoms with Crippen LogP contribution >= 0.6 is 35.3 Å². The van der Waals surface area contributed by atoms with Crippen LogP contribution in [-0.2, 0) is 0 Å². The van der Waals surface area contributed by atoms with Crippen LogP contribution in [0.5, 0.6) is 0 Å². The van der Waals surface area contributed by atoms with E-state index in [0.717, 1.165) is 22.9 Å². The third-order valence-corrected chi connectivity index (χ3v) is 6.41. The monoisotopic (exact) mass is 352 g/mol. The molecule has 0 aliphatic heterocycles. The lowest BCUT2D eigenvalue weighted by Gasteiger charge is -2.05. The molecular formula is C17H14F2S3. The Bertz CT molecular complexity index is 881. The van der Waals surface area contributed by atoms with Gasteiger partial charge in [0.15, 0.2) is 0 Å². The van der Waals surface area contributed by atoms with E-state index in [9.17, 15) is 8.78 Å². The van der Waals surface area contributed by atoms with E-state index < -0.39 is 0 Å². The van der Waals surface area contributed by atoms with E-state index in [0.29, 0.717) is 24.7 Å². The quantitative estimate of drug-likeness (QED) is 0.496. The van der Waals surface area contributed by atoms with Crippen molar-refractivity contribution in [1.29, 1.82) is 0 Å². The van der Waals surface area contributed by atoms with Crippen LogP contribution in [0.2, 0.25) is 0 Å². The van der Waals surface area contributed by atoms with Gasteiger partial charge in [0.2, 0.25) is 0 Å². The molecule has 0 radical (unpaired) electrons. The van der Waals surface area contributed by atoms with Crippen LogP contribution in [0, 0.1) is 18.6 Å². The molecule has 5 heteroatoms. The molecule has 1 aromatic heterocycles. The van der Waals surface area contributed by atoms with Gasteiger partial charge in [-0.3, -0.25) is 0 Å². The Labute approximate surface area is 141 Å². The first-order chi connectivity index (χ1) is 10.5. The van der Waals surface area contributed by atoms with E-state index in [1.165, 1.54) is 23.1 Å². The highest BCUT2D eigenvalue weighted by atomic mass is 32.2. The second kappa shape index (κ2) is 6.22. The Morgan fingerprint density at radius 1 is 1.09 bits per heavy atom. The molecule has 3 rings (SSSR count).